The highest BCUT2D eigenvalue weighted by Gasteiger charge is 2.47. The van der Waals surface area contributed by atoms with Crippen LogP contribution in [-0.4, -0.2) is 144 Å². The Hall–Kier alpha value is -5.22. The summed E-state index contributed by atoms with van der Waals surface area (Å²) in [5, 5.41) is 9.23. The predicted octanol–water partition coefficient (Wildman–Crippen LogP) is 2.02. The molecule has 3 N–H and O–H groups in total. The molecule has 2 unspecified atom stereocenters. The van der Waals surface area contributed by atoms with Crippen molar-refractivity contribution in [2.24, 2.45) is 16.4 Å². The van der Waals surface area contributed by atoms with Crippen molar-refractivity contribution in [1.29, 1.82) is 0 Å². The third kappa shape index (κ3) is 9.88. The van der Waals surface area contributed by atoms with Gasteiger partial charge in [-0.15, -0.1) is 5.10 Å². The molecule has 2 fully saturated rings. The maximum absolute atomic E-state index is 14.9. The van der Waals surface area contributed by atoms with Gasteiger partial charge in [-0.05, 0) is 86.8 Å². The SMILES string of the molecule is C=CC(=O)N1CCC([SiH3])(C(=O)N(C)[C@H](C(=O)N[C@H]2CC3=NNC(O3)c3ccc4c(c3)c(c(-c3cccnc3[C@H](C)OC)n4CC)CC(C)(C)COC[C@]3(C(=O)[SiH3])CCCN(N3)C2=O)C(C)C)C1. The Balaban J connectivity index is 1.26. The minimum absolute atomic E-state index is 0.0390. The van der Waals surface area contributed by atoms with Crippen molar-refractivity contribution in [2.75, 3.05) is 47.0 Å². The molecule has 4 aliphatic rings. The largest absolute Gasteiger partial charge is 0.450 e. The van der Waals surface area contributed by atoms with Gasteiger partial charge >= 0.3 is 0 Å². The summed E-state index contributed by atoms with van der Waals surface area (Å²) in [5.74, 6) is -1.58. The smallest absolute Gasteiger partial charge is 0.259 e. The van der Waals surface area contributed by atoms with Gasteiger partial charge in [-0.1, -0.05) is 40.3 Å². The fourth-order valence-corrected chi connectivity index (χ4v) is 11.8. The van der Waals surface area contributed by atoms with Gasteiger partial charge in [-0.3, -0.25) is 34.6 Å². The number of ether oxygens (including phenoxy) is 3. The van der Waals surface area contributed by atoms with Gasteiger partial charge in [-0.2, -0.15) is 0 Å². The molecule has 1 aromatic carbocycles. The number of carbonyl (C=O) groups is 5. The molecule has 0 saturated carbocycles. The highest BCUT2D eigenvalue weighted by molar-refractivity contribution is 6.60. The van der Waals surface area contributed by atoms with Gasteiger partial charge in [-0.25, -0.2) is 5.43 Å². The number of hydrazone groups is 1. The zero-order chi connectivity index (χ0) is 48.6. The van der Waals surface area contributed by atoms with Crippen LogP contribution in [0.2, 0.25) is 5.04 Å². The molecule has 2 saturated heterocycles. The number of hydrogen-bond donors (Lipinski definition) is 3. The number of fused-ring (bicyclic) bond motifs is 6. The highest BCUT2D eigenvalue weighted by atomic mass is 28.1. The Morgan fingerprint density at radius 1 is 1.13 bits per heavy atom. The van der Waals surface area contributed by atoms with Crippen LogP contribution in [0.3, 0.4) is 0 Å². The number of hydrogen-bond acceptors (Lipinski definition) is 12. The standard InChI is InChI=1S/C48H69N9O8Si2/c1-10-37(58)55-21-18-48(67,25-55)44(61)54(8)39(28(3)4)41(59)50-34-23-36-51-52-42(65-36)30-15-16-35-32(22-30)33(40(56(35)11-2)31-14-12-19-49-38(31)29(5)63-9)24-46(6,7)26-64-27-47(45(62)66)17-13-20-57(53-47)43(34)60/h10,12,14-16,19,22,28-29,34,39,42,52-53H,1,11,13,17-18,20-21,23-27H2,2-9,66-67H3,(H,50,59)/t29-,34-,39-,42?,47-,48?/m0/s1. The maximum Gasteiger partial charge on any atom is 0.259 e. The van der Waals surface area contributed by atoms with Crippen LogP contribution < -0.4 is 16.2 Å². The fraction of sp³-hybridized carbons (Fsp3) is 0.562. The lowest BCUT2D eigenvalue weighted by Crippen LogP contribution is -2.68. The average molecular weight is 956 g/mol. The molecule has 4 aliphatic heterocycles. The summed E-state index contributed by atoms with van der Waals surface area (Å²) < 4.78 is 21.3. The number of pyridine rings is 1. The lowest BCUT2D eigenvalue weighted by Gasteiger charge is -2.44. The highest BCUT2D eigenvalue weighted by Crippen LogP contribution is 2.42. The van der Waals surface area contributed by atoms with E-state index in [9.17, 15) is 24.0 Å². The van der Waals surface area contributed by atoms with Crippen LogP contribution in [0.4, 0.5) is 0 Å². The fourth-order valence-electron chi connectivity index (χ4n) is 10.3. The van der Waals surface area contributed by atoms with Crippen molar-refractivity contribution >= 4 is 66.3 Å². The number of rotatable bonds is 11. The molecule has 4 amide bonds. The Bertz CT molecular complexity index is 2460. The molecule has 0 aliphatic carbocycles. The Labute approximate surface area is 399 Å². The second-order valence-electron chi connectivity index (χ2n) is 20.1. The zero-order valence-corrected chi connectivity index (χ0v) is 44.9. The number of likely N-dealkylation sites (N-methyl/N-ethyl adjacent to an activating group) is 1. The number of amides is 4. The number of nitrogens with zero attached hydrogens (tertiary/aromatic N) is 6. The molecule has 0 radical (unpaired) electrons. The topological polar surface area (TPSA) is 189 Å². The van der Waals surface area contributed by atoms with Crippen LogP contribution in [-0.2, 0) is 51.1 Å². The number of nitrogens with one attached hydrogen (secondary N) is 3. The van der Waals surface area contributed by atoms with Crippen molar-refractivity contribution < 1.29 is 38.2 Å². The first-order valence-electron chi connectivity index (χ1n) is 23.6. The molecule has 17 nitrogen and oxygen atoms in total. The average Bonchev–Trinajstić information content (AvgIpc) is 4.03. The molecule has 19 heteroatoms. The number of aryl methyl sites for hydroxylation is 1. The summed E-state index contributed by atoms with van der Waals surface area (Å²) in [6, 6.07) is 8.15. The molecule has 0 spiro atoms. The quantitative estimate of drug-likeness (QED) is 0.189. The second-order valence-corrected chi connectivity index (χ2v) is 22.9. The van der Waals surface area contributed by atoms with Crippen LogP contribution in [0.1, 0.15) is 96.4 Å². The predicted molar refractivity (Wildman–Crippen MR) is 263 cm³/mol. The van der Waals surface area contributed by atoms with E-state index in [0.717, 1.165) is 39.0 Å². The lowest BCUT2D eigenvalue weighted by atomic mass is 9.84. The number of benzene rings is 1. The van der Waals surface area contributed by atoms with E-state index in [1.165, 1.54) is 16.0 Å². The summed E-state index contributed by atoms with van der Waals surface area (Å²) >= 11 is 0. The van der Waals surface area contributed by atoms with E-state index in [1.54, 1.807) is 25.3 Å². The van der Waals surface area contributed by atoms with Gasteiger partial charge in [0.25, 0.3) is 5.91 Å². The summed E-state index contributed by atoms with van der Waals surface area (Å²) in [6.07, 6.45) is 4.07. The first kappa shape index (κ1) is 49.7. The van der Waals surface area contributed by atoms with Gasteiger partial charge in [0.2, 0.25) is 29.8 Å². The minimum atomic E-state index is -1.20. The van der Waals surface area contributed by atoms with Crippen molar-refractivity contribution in [1.82, 2.24) is 40.5 Å². The van der Waals surface area contributed by atoms with Crippen molar-refractivity contribution in [3.63, 3.8) is 0 Å². The number of likely N-dealkylation sites (tertiary alicyclic amines) is 1. The second kappa shape index (κ2) is 19.8. The van der Waals surface area contributed by atoms with E-state index < -0.39 is 46.1 Å². The first-order valence-corrected chi connectivity index (χ1v) is 25.6. The monoisotopic (exact) mass is 955 g/mol. The van der Waals surface area contributed by atoms with Gasteiger partial charge in [0.1, 0.15) is 23.0 Å². The van der Waals surface area contributed by atoms with E-state index in [0.29, 0.717) is 55.6 Å². The van der Waals surface area contributed by atoms with Crippen LogP contribution in [0.15, 0.2) is 54.3 Å². The molecule has 3 aromatic rings. The molecule has 362 valence electrons. The summed E-state index contributed by atoms with van der Waals surface area (Å²) in [7, 11) is 3.97. The molecule has 6 bridgehead atoms. The summed E-state index contributed by atoms with van der Waals surface area (Å²) in [4.78, 5) is 77.9. The van der Waals surface area contributed by atoms with Gasteiger partial charge in [0.05, 0.1) is 52.4 Å². The number of aromatic nitrogens is 2. The van der Waals surface area contributed by atoms with Crippen LogP contribution in [0.5, 0.6) is 0 Å². The number of methoxy groups -OCH3 is 1. The van der Waals surface area contributed by atoms with Crippen molar-refractivity contribution in [3.05, 3.63) is 66.0 Å². The van der Waals surface area contributed by atoms with Crippen LogP contribution in [0, 0.1) is 11.3 Å². The van der Waals surface area contributed by atoms with Gasteiger partial charge < -0.3 is 38.7 Å². The minimum Gasteiger partial charge on any atom is -0.450 e. The summed E-state index contributed by atoms with van der Waals surface area (Å²) in [5.41, 5.74) is 10.7. The van der Waals surface area contributed by atoms with E-state index in [4.69, 9.17) is 19.2 Å². The van der Waals surface area contributed by atoms with Gasteiger partial charge in [0, 0.05) is 78.8 Å². The third-order valence-corrected chi connectivity index (χ3v) is 16.3. The first-order chi connectivity index (χ1) is 31.8. The number of carbonyl (C=O) groups excluding carboxylic acids is 5. The zero-order valence-electron chi connectivity index (χ0n) is 40.9. The van der Waals surface area contributed by atoms with Crippen LogP contribution >= 0.6 is 0 Å². The van der Waals surface area contributed by atoms with E-state index in [2.05, 4.69) is 71.4 Å². The molecule has 67 heavy (non-hydrogen) atoms. The summed E-state index contributed by atoms with van der Waals surface area (Å²) in [6.45, 7) is 17.8. The van der Waals surface area contributed by atoms with E-state index >= 15 is 0 Å². The molecule has 6 atom stereocenters. The maximum atomic E-state index is 14.9. The van der Waals surface area contributed by atoms with E-state index in [1.807, 2.05) is 32.9 Å². The lowest BCUT2D eigenvalue weighted by molar-refractivity contribution is -0.149. The Kier molecular flexibility index (Phi) is 14.7. The van der Waals surface area contributed by atoms with E-state index in [-0.39, 0.29) is 71.5 Å². The van der Waals surface area contributed by atoms with Gasteiger partial charge in [0.15, 0.2) is 0 Å². The Morgan fingerprint density at radius 2 is 1.90 bits per heavy atom. The normalized spacial score (nSPS) is 25.2. The molecular weight excluding hydrogens is 887 g/mol. The molecule has 6 heterocycles. The number of hydrazine groups is 1. The Morgan fingerprint density at radius 3 is 2.58 bits per heavy atom. The molecular formula is C48H69N9O8Si2. The molecule has 7 rings (SSSR count). The van der Waals surface area contributed by atoms with Crippen molar-refractivity contribution in [2.45, 2.75) is 115 Å². The third-order valence-electron chi connectivity index (χ3n) is 14.1. The van der Waals surface area contributed by atoms with Crippen molar-refractivity contribution in [3.8, 4) is 11.3 Å². The van der Waals surface area contributed by atoms with Crippen LogP contribution in [0.25, 0.3) is 22.2 Å². The molecule has 2 aromatic heterocycles.